The molecule has 1 atom stereocenters. The van der Waals surface area contributed by atoms with E-state index in [9.17, 15) is 18.4 Å². The van der Waals surface area contributed by atoms with Crippen LogP contribution in [0.3, 0.4) is 0 Å². The summed E-state index contributed by atoms with van der Waals surface area (Å²) in [5, 5.41) is 5.69. The van der Waals surface area contributed by atoms with Crippen LogP contribution in [0.2, 0.25) is 0 Å². The van der Waals surface area contributed by atoms with Crippen molar-refractivity contribution in [1.82, 2.24) is 10.6 Å². The van der Waals surface area contributed by atoms with Crippen LogP contribution in [0.4, 0.5) is 8.78 Å². The van der Waals surface area contributed by atoms with Gasteiger partial charge in [-0.1, -0.05) is 13.3 Å². The molecule has 0 aliphatic heterocycles. The lowest BCUT2D eigenvalue weighted by Gasteiger charge is -2.19. The number of carbonyl (C=O) groups is 2. The molecule has 6 nitrogen and oxygen atoms in total. The molecule has 2 aromatic carbocycles. The first-order chi connectivity index (χ1) is 15.0. The van der Waals surface area contributed by atoms with Crippen molar-refractivity contribution in [1.29, 1.82) is 0 Å². The number of carbonyl (C=O) groups excluding carboxylic acids is 2. The van der Waals surface area contributed by atoms with Crippen molar-refractivity contribution in [2.24, 2.45) is 0 Å². The van der Waals surface area contributed by atoms with E-state index in [0.717, 1.165) is 12.8 Å². The highest BCUT2D eigenvalue weighted by atomic mass is 19.1. The SMILES string of the molecule is CCCC(CNC(=O)CCOc1ccc(F)cc1)NC(=O)CCOc1ccc(F)cc1. The average molecular weight is 434 g/mol. The van der Waals surface area contributed by atoms with E-state index in [-0.39, 0.29) is 55.5 Å². The number of halogens is 2. The fourth-order valence-electron chi connectivity index (χ4n) is 2.78. The van der Waals surface area contributed by atoms with Gasteiger partial charge in [-0.15, -0.1) is 0 Å². The highest BCUT2D eigenvalue weighted by Crippen LogP contribution is 2.12. The van der Waals surface area contributed by atoms with E-state index < -0.39 is 0 Å². The van der Waals surface area contributed by atoms with Gasteiger partial charge < -0.3 is 20.1 Å². The van der Waals surface area contributed by atoms with Crippen LogP contribution in [0.5, 0.6) is 11.5 Å². The predicted octanol–water partition coefficient (Wildman–Crippen LogP) is 3.60. The van der Waals surface area contributed by atoms with Gasteiger partial charge in [0.15, 0.2) is 0 Å². The molecule has 31 heavy (non-hydrogen) atoms. The summed E-state index contributed by atoms with van der Waals surface area (Å²) in [4.78, 5) is 24.2. The first-order valence-corrected chi connectivity index (χ1v) is 10.3. The minimum atomic E-state index is -0.351. The van der Waals surface area contributed by atoms with Crippen LogP contribution in [0.1, 0.15) is 32.6 Å². The molecule has 0 aliphatic carbocycles. The molecular weight excluding hydrogens is 406 g/mol. The van der Waals surface area contributed by atoms with Gasteiger partial charge in [-0.25, -0.2) is 8.78 Å². The molecule has 0 radical (unpaired) electrons. The lowest BCUT2D eigenvalue weighted by molar-refractivity contribution is -0.124. The fourth-order valence-corrected chi connectivity index (χ4v) is 2.78. The molecule has 0 fully saturated rings. The molecule has 0 spiro atoms. The van der Waals surface area contributed by atoms with Crippen molar-refractivity contribution in [3.05, 3.63) is 60.2 Å². The molecule has 2 aromatic rings. The van der Waals surface area contributed by atoms with Crippen molar-refractivity contribution < 1.29 is 27.8 Å². The third-order valence-electron chi connectivity index (χ3n) is 4.37. The number of amides is 2. The molecule has 0 heterocycles. The van der Waals surface area contributed by atoms with E-state index >= 15 is 0 Å². The van der Waals surface area contributed by atoms with E-state index in [1.807, 2.05) is 6.92 Å². The highest BCUT2D eigenvalue weighted by molar-refractivity contribution is 5.77. The minimum Gasteiger partial charge on any atom is -0.493 e. The smallest absolute Gasteiger partial charge is 0.223 e. The van der Waals surface area contributed by atoms with Crippen molar-refractivity contribution >= 4 is 11.8 Å². The maximum absolute atomic E-state index is 12.9. The number of rotatable bonds is 13. The predicted molar refractivity (Wildman–Crippen MR) is 113 cm³/mol. The normalized spacial score (nSPS) is 11.5. The first kappa shape index (κ1) is 24.1. The number of ether oxygens (including phenoxy) is 2. The molecule has 8 heteroatoms. The summed E-state index contributed by atoms with van der Waals surface area (Å²) in [6.07, 6.45) is 1.87. The lowest BCUT2D eigenvalue weighted by Crippen LogP contribution is -2.44. The van der Waals surface area contributed by atoms with Crippen LogP contribution in [0.25, 0.3) is 0 Å². The zero-order valence-corrected chi connectivity index (χ0v) is 17.5. The molecule has 2 rings (SSSR count). The van der Waals surface area contributed by atoms with Gasteiger partial charge in [0.05, 0.1) is 26.1 Å². The summed E-state index contributed by atoms with van der Waals surface area (Å²) < 4.78 is 36.6. The molecule has 1 unspecified atom stereocenters. The Hall–Kier alpha value is -3.16. The Morgan fingerprint density at radius 1 is 0.839 bits per heavy atom. The Balaban J connectivity index is 1.64. The Morgan fingerprint density at radius 3 is 1.81 bits per heavy atom. The maximum Gasteiger partial charge on any atom is 0.223 e. The number of benzene rings is 2. The monoisotopic (exact) mass is 434 g/mol. The Kier molecular flexibility index (Phi) is 10.3. The van der Waals surface area contributed by atoms with E-state index in [1.54, 1.807) is 0 Å². The Morgan fingerprint density at radius 2 is 1.32 bits per heavy atom. The van der Waals surface area contributed by atoms with Crippen molar-refractivity contribution in [3.8, 4) is 11.5 Å². The van der Waals surface area contributed by atoms with Gasteiger partial charge in [0.25, 0.3) is 0 Å². The van der Waals surface area contributed by atoms with Crippen LogP contribution in [-0.2, 0) is 9.59 Å². The van der Waals surface area contributed by atoms with Gasteiger partial charge in [0.2, 0.25) is 11.8 Å². The molecule has 0 bridgehead atoms. The largest absolute Gasteiger partial charge is 0.493 e. The van der Waals surface area contributed by atoms with E-state index in [1.165, 1.54) is 48.5 Å². The second-order valence-corrected chi connectivity index (χ2v) is 6.96. The van der Waals surface area contributed by atoms with Crippen LogP contribution >= 0.6 is 0 Å². The summed E-state index contributed by atoms with van der Waals surface area (Å²) in [5.74, 6) is -0.0955. The molecular formula is C23H28F2N2O4. The van der Waals surface area contributed by atoms with Crippen LogP contribution in [-0.4, -0.2) is 37.6 Å². The molecule has 0 aromatic heterocycles. The Labute approximate surface area is 180 Å². The fraction of sp³-hybridized carbons (Fsp3) is 0.391. The zero-order chi connectivity index (χ0) is 22.5. The quantitative estimate of drug-likeness (QED) is 0.505. The summed E-state index contributed by atoms with van der Waals surface area (Å²) >= 11 is 0. The standard InChI is InChI=1S/C23H28F2N2O4/c1-2-3-19(27-23(29)13-15-31-21-10-6-18(25)7-11-21)16-26-22(28)12-14-30-20-8-4-17(24)5-9-20/h4-11,19H,2-3,12-16H2,1H3,(H,26,28)(H,27,29). The van der Waals surface area contributed by atoms with Crippen LogP contribution < -0.4 is 20.1 Å². The van der Waals surface area contributed by atoms with E-state index in [4.69, 9.17) is 9.47 Å². The summed E-state index contributed by atoms with van der Waals surface area (Å²) in [5.41, 5.74) is 0. The van der Waals surface area contributed by atoms with E-state index in [0.29, 0.717) is 18.0 Å². The summed E-state index contributed by atoms with van der Waals surface area (Å²) in [7, 11) is 0. The Bertz CT molecular complexity index is 813. The molecule has 168 valence electrons. The zero-order valence-electron chi connectivity index (χ0n) is 17.5. The third kappa shape index (κ3) is 9.93. The second kappa shape index (κ2) is 13.2. The molecule has 0 saturated heterocycles. The summed E-state index contributed by atoms with van der Waals surface area (Å²) in [6.45, 7) is 2.65. The highest BCUT2D eigenvalue weighted by Gasteiger charge is 2.13. The number of hydrogen-bond acceptors (Lipinski definition) is 4. The summed E-state index contributed by atoms with van der Waals surface area (Å²) in [6, 6.07) is 11.0. The molecule has 2 N–H and O–H groups in total. The number of hydrogen-bond donors (Lipinski definition) is 2. The first-order valence-electron chi connectivity index (χ1n) is 10.3. The minimum absolute atomic E-state index is 0.148. The maximum atomic E-state index is 12.9. The molecule has 0 saturated carbocycles. The van der Waals surface area contributed by atoms with Crippen molar-refractivity contribution in [2.75, 3.05) is 19.8 Å². The van der Waals surface area contributed by atoms with Gasteiger partial charge in [-0.3, -0.25) is 9.59 Å². The van der Waals surface area contributed by atoms with Crippen LogP contribution in [0, 0.1) is 11.6 Å². The van der Waals surface area contributed by atoms with Gasteiger partial charge in [-0.2, -0.15) is 0 Å². The van der Waals surface area contributed by atoms with Gasteiger partial charge in [0, 0.05) is 12.6 Å². The molecule has 0 aliphatic rings. The van der Waals surface area contributed by atoms with Crippen LogP contribution in [0.15, 0.2) is 48.5 Å². The third-order valence-corrected chi connectivity index (χ3v) is 4.37. The van der Waals surface area contributed by atoms with Crippen molar-refractivity contribution in [3.63, 3.8) is 0 Å². The topological polar surface area (TPSA) is 76.7 Å². The molecule has 2 amide bonds. The van der Waals surface area contributed by atoms with Gasteiger partial charge >= 0.3 is 0 Å². The van der Waals surface area contributed by atoms with Gasteiger partial charge in [0.1, 0.15) is 23.1 Å². The second-order valence-electron chi connectivity index (χ2n) is 6.96. The van der Waals surface area contributed by atoms with Crippen molar-refractivity contribution in [2.45, 2.75) is 38.6 Å². The van der Waals surface area contributed by atoms with Gasteiger partial charge in [-0.05, 0) is 55.0 Å². The number of nitrogens with one attached hydrogen (secondary N) is 2. The van der Waals surface area contributed by atoms with E-state index in [2.05, 4.69) is 10.6 Å². The lowest BCUT2D eigenvalue weighted by atomic mass is 10.1. The average Bonchev–Trinajstić information content (AvgIpc) is 2.75.